The molecule has 2 aromatic rings. The lowest BCUT2D eigenvalue weighted by molar-refractivity contribution is -0.105. The van der Waals surface area contributed by atoms with Gasteiger partial charge < -0.3 is 9.47 Å². The summed E-state index contributed by atoms with van der Waals surface area (Å²) in [6, 6.07) is 11.4. The van der Waals surface area contributed by atoms with Gasteiger partial charge in [0, 0.05) is 6.92 Å². The number of carbonyl (C=O) groups is 1. The summed E-state index contributed by atoms with van der Waals surface area (Å²) in [6.07, 6.45) is 1.48. The summed E-state index contributed by atoms with van der Waals surface area (Å²) in [5.41, 5.74) is 0.452. The molecule has 0 bridgehead atoms. The second kappa shape index (κ2) is 3.60. The lowest BCUT2D eigenvalue weighted by Crippen LogP contribution is -2.39. The Bertz CT molecular complexity index is 660. The highest BCUT2D eigenvalue weighted by Gasteiger charge is 2.35. The van der Waals surface area contributed by atoms with Gasteiger partial charge in [-0.05, 0) is 29.0 Å². The zero-order chi connectivity index (χ0) is 12.8. The molecule has 0 radical (unpaired) electrons. The number of cyclic esters (lactones) is 1. The average Bonchev–Trinajstić information content (AvgIpc) is 2.37. The summed E-state index contributed by atoms with van der Waals surface area (Å²) in [6.45, 7) is 5.29. The van der Waals surface area contributed by atoms with Crippen LogP contribution in [0.5, 0.6) is 5.75 Å². The molecule has 1 aliphatic rings. The number of hydrogen-bond donors (Lipinski definition) is 0. The lowest BCUT2D eigenvalue weighted by Gasteiger charge is -2.32. The van der Waals surface area contributed by atoms with E-state index in [0.717, 1.165) is 10.8 Å². The second-order valence-electron chi connectivity index (χ2n) is 4.41. The molecule has 2 aromatic carbocycles. The minimum atomic E-state index is -1.09. The molecule has 0 amide bonds. The second-order valence-corrected chi connectivity index (χ2v) is 4.41. The van der Waals surface area contributed by atoms with Crippen molar-refractivity contribution in [2.45, 2.75) is 12.7 Å². The minimum absolute atomic E-state index is 0.385. The molecule has 3 rings (SSSR count). The fourth-order valence-corrected chi connectivity index (χ4v) is 2.02. The van der Waals surface area contributed by atoms with Gasteiger partial charge in [-0.15, -0.1) is 0 Å². The zero-order valence-corrected chi connectivity index (χ0v) is 9.97. The number of esters is 1. The number of fused-ring (bicyclic) bond motifs is 2. The van der Waals surface area contributed by atoms with Crippen molar-refractivity contribution in [3.8, 4) is 5.75 Å². The van der Waals surface area contributed by atoms with Crippen LogP contribution in [0.3, 0.4) is 0 Å². The van der Waals surface area contributed by atoms with Crippen LogP contribution in [0.1, 0.15) is 17.3 Å². The molecule has 0 N–H and O–H groups in total. The maximum absolute atomic E-state index is 12.0. The Labute approximate surface area is 105 Å². The van der Waals surface area contributed by atoms with Crippen LogP contribution in [0.25, 0.3) is 10.8 Å². The zero-order valence-electron chi connectivity index (χ0n) is 9.97. The van der Waals surface area contributed by atoms with Gasteiger partial charge in [-0.25, -0.2) is 4.79 Å². The van der Waals surface area contributed by atoms with Crippen molar-refractivity contribution in [3.63, 3.8) is 0 Å². The van der Waals surface area contributed by atoms with Gasteiger partial charge in [0.25, 0.3) is 5.79 Å². The molecule has 0 saturated heterocycles. The molecule has 90 valence electrons. The molecular weight excluding hydrogens is 228 g/mol. The molecule has 1 aliphatic heterocycles. The van der Waals surface area contributed by atoms with Gasteiger partial charge in [0.05, 0.1) is 0 Å². The van der Waals surface area contributed by atoms with E-state index in [-0.39, 0.29) is 5.97 Å². The summed E-state index contributed by atoms with van der Waals surface area (Å²) < 4.78 is 10.9. The van der Waals surface area contributed by atoms with Gasteiger partial charge in [0.15, 0.2) is 0 Å². The van der Waals surface area contributed by atoms with Gasteiger partial charge in [-0.3, -0.25) is 0 Å². The van der Waals surface area contributed by atoms with Crippen LogP contribution < -0.4 is 4.74 Å². The first-order chi connectivity index (χ1) is 8.61. The van der Waals surface area contributed by atoms with Gasteiger partial charge in [-0.1, -0.05) is 30.8 Å². The standard InChI is InChI=1S/C15H12O3/c1-3-15(2)17-13-9-11-7-5-4-6-10(11)8-12(13)14(16)18-15/h3-9H,1H2,2H3/t15-/m0/s1. The van der Waals surface area contributed by atoms with E-state index in [1.54, 1.807) is 13.0 Å². The fraction of sp³-hybridized carbons (Fsp3) is 0.133. The largest absolute Gasteiger partial charge is 0.448 e. The van der Waals surface area contributed by atoms with Crippen LogP contribution in [-0.2, 0) is 4.74 Å². The Balaban J connectivity index is 2.22. The Kier molecular flexibility index (Phi) is 2.17. The number of hydrogen-bond acceptors (Lipinski definition) is 3. The van der Waals surface area contributed by atoms with E-state index >= 15 is 0 Å². The van der Waals surface area contributed by atoms with Crippen LogP contribution in [0.4, 0.5) is 0 Å². The molecule has 0 aliphatic carbocycles. The van der Waals surface area contributed by atoms with Crippen molar-refractivity contribution < 1.29 is 14.3 Å². The van der Waals surface area contributed by atoms with Crippen LogP contribution in [0, 0.1) is 0 Å². The molecule has 1 atom stereocenters. The van der Waals surface area contributed by atoms with Crippen LogP contribution in [0.15, 0.2) is 49.1 Å². The maximum atomic E-state index is 12.0. The van der Waals surface area contributed by atoms with Crippen molar-refractivity contribution in [1.82, 2.24) is 0 Å². The van der Waals surface area contributed by atoms with E-state index < -0.39 is 5.79 Å². The summed E-state index contributed by atoms with van der Waals surface area (Å²) in [5.74, 6) is -0.941. The van der Waals surface area contributed by atoms with Crippen LogP contribution in [0.2, 0.25) is 0 Å². The number of ether oxygens (including phenoxy) is 2. The molecule has 1 heterocycles. The van der Waals surface area contributed by atoms with Gasteiger partial charge in [0.1, 0.15) is 11.3 Å². The van der Waals surface area contributed by atoms with E-state index in [1.165, 1.54) is 6.08 Å². The molecule has 0 unspecified atom stereocenters. The molecular formula is C15H12O3. The minimum Gasteiger partial charge on any atom is -0.448 e. The molecule has 0 aromatic heterocycles. The van der Waals surface area contributed by atoms with Crippen LogP contribution >= 0.6 is 0 Å². The number of carbonyl (C=O) groups excluding carboxylic acids is 1. The normalized spacial score (nSPS) is 21.9. The molecule has 0 saturated carbocycles. The first kappa shape index (κ1) is 10.8. The summed E-state index contributed by atoms with van der Waals surface area (Å²) >= 11 is 0. The molecule has 0 fully saturated rings. The highest BCUT2D eigenvalue weighted by Crippen LogP contribution is 2.34. The predicted octanol–water partition coefficient (Wildman–Crippen LogP) is 3.29. The first-order valence-corrected chi connectivity index (χ1v) is 5.70. The van der Waals surface area contributed by atoms with Crippen molar-refractivity contribution in [3.05, 3.63) is 54.6 Å². The molecule has 3 heteroatoms. The Hall–Kier alpha value is -2.29. The van der Waals surface area contributed by atoms with Crippen LogP contribution in [-0.4, -0.2) is 11.8 Å². The topological polar surface area (TPSA) is 35.5 Å². The predicted molar refractivity (Wildman–Crippen MR) is 68.6 cm³/mol. The number of rotatable bonds is 1. The van der Waals surface area contributed by atoms with E-state index in [9.17, 15) is 4.79 Å². The third-order valence-corrected chi connectivity index (χ3v) is 3.05. The monoisotopic (exact) mass is 240 g/mol. The summed E-state index contributed by atoms with van der Waals surface area (Å²) in [4.78, 5) is 12.0. The molecule has 0 spiro atoms. The van der Waals surface area contributed by atoms with E-state index in [1.807, 2.05) is 30.3 Å². The Morgan fingerprint density at radius 1 is 1.17 bits per heavy atom. The summed E-state index contributed by atoms with van der Waals surface area (Å²) in [5, 5.41) is 2.01. The fourth-order valence-electron chi connectivity index (χ4n) is 2.02. The average molecular weight is 240 g/mol. The van der Waals surface area contributed by atoms with Crippen molar-refractivity contribution in [2.75, 3.05) is 0 Å². The highest BCUT2D eigenvalue weighted by atomic mass is 16.7. The van der Waals surface area contributed by atoms with Gasteiger partial charge in [-0.2, -0.15) is 0 Å². The maximum Gasteiger partial charge on any atom is 0.345 e. The Morgan fingerprint density at radius 3 is 2.50 bits per heavy atom. The SMILES string of the molecule is C=C[C@]1(C)OC(=O)c2cc3ccccc3cc2O1. The quantitative estimate of drug-likeness (QED) is 0.566. The molecule has 3 nitrogen and oxygen atoms in total. The first-order valence-electron chi connectivity index (χ1n) is 5.70. The van der Waals surface area contributed by atoms with Crippen molar-refractivity contribution >= 4 is 16.7 Å². The van der Waals surface area contributed by atoms with E-state index in [0.29, 0.717) is 11.3 Å². The molecule has 18 heavy (non-hydrogen) atoms. The van der Waals surface area contributed by atoms with Gasteiger partial charge >= 0.3 is 5.97 Å². The lowest BCUT2D eigenvalue weighted by atomic mass is 10.0. The smallest absolute Gasteiger partial charge is 0.345 e. The van der Waals surface area contributed by atoms with Crippen molar-refractivity contribution in [2.24, 2.45) is 0 Å². The van der Waals surface area contributed by atoms with Crippen molar-refractivity contribution in [1.29, 1.82) is 0 Å². The summed E-state index contributed by atoms with van der Waals surface area (Å²) in [7, 11) is 0. The Morgan fingerprint density at radius 2 is 1.83 bits per heavy atom. The third-order valence-electron chi connectivity index (χ3n) is 3.05. The van der Waals surface area contributed by atoms with E-state index in [4.69, 9.17) is 9.47 Å². The number of benzene rings is 2. The highest BCUT2D eigenvalue weighted by molar-refractivity contribution is 5.99. The van der Waals surface area contributed by atoms with E-state index in [2.05, 4.69) is 6.58 Å². The third kappa shape index (κ3) is 1.56. The van der Waals surface area contributed by atoms with Gasteiger partial charge in [0.2, 0.25) is 0 Å².